The Labute approximate surface area is 178 Å². The highest BCUT2D eigenvalue weighted by molar-refractivity contribution is 5.45. The summed E-state index contributed by atoms with van der Waals surface area (Å²) in [6, 6.07) is 10.6. The molecule has 162 valence electrons. The molecule has 0 bridgehead atoms. The molecule has 0 N–H and O–H groups in total. The fourth-order valence-electron chi connectivity index (χ4n) is 3.39. The van der Waals surface area contributed by atoms with Gasteiger partial charge in [-0.2, -0.15) is 0 Å². The SMILES string of the molecule is Cc1cc(Cc2cc(C)c(OCOC3(C)CO3)c(C)c2)ccc1OCOC1(C)CO1. The third-order valence-corrected chi connectivity index (χ3v) is 5.42. The smallest absolute Gasteiger partial charge is 0.193 e. The quantitative estimate of drug-likeness (QED) is 0.424. The molecular formula is C24H30O6. The summed E-state index contributed by atoms with van der Waals surface area (Å²) in [5.74, 6) is 0.768. The first-order chi connectivity index (χ1) is 14.3. The largest absolute Gasteiger partial charge is 0.467 e. The zero-order valence-electron chi connectivity index (χ0n) is 18.4. The van der Waals surface area contributed by atoms with E-state index in [1.54, 1.807) is 0 Å². The van der Waals surface area contributed by atoms with E-state index in [4.69, 9.17) is 28.4 Å². The molecule has 2 unspecified atom stereocenters. The van der Waals surface area contributed by atoms with Crippen molar-refractivity contribution in [2.75, 3.05) is 26.8 Å². The second kappa shape index (κ2) is 8.19. The predicted molar refractivity (Wildman–Crippen MR) is 112 cm³/mol. The molecule has 2 saturated heterocycles. The van der Waals surface area contributed by atoms with Gasteiger partial charge in [0.1, 0.15) is 24.7 Å². The summed E-state index contributed by atoms with van der Waals surface area (Å²) in [4.78, 5) is 0. The Morgan fingerprint density at radius 2 is 1.30 bits per heavy atom. The van der Waals surface area contributed by atoms with Gasteiger partial charge in [0.2, 0.25) is 0 Å². The Kier molecular flexibility index (Phi) is 5.77. The van der Waals surface area contributed by atoms with E-state index in [0.717, 1.165) is 34.6 Å². The predicted octanol–water partition coefficient (Wildman–Crippen LogP) is 4.40. The van der Waals surface area contributed by atoms with Crippen molar-refractivity contribution < 1.29 is 28.4 Å². The van der Waals surface area contributed by atoms with E-state index in [-0.39, 0.29) is 13.6 Å². The highest BCUT2D eigenvalue weighted by atomic mass is 16.8. The van der Waals surface area contributed by atoms with E-state index >= 15 is 0 Å². The van der Waals surface area contributed by atoms with Crippen LogP contribution >= 0.6 is 0 Å². The Balaban J connectivity index is 1.35. The van der Waals surface area contributed by atoms with Crippen molar-refractivity contribution in [2.45, 2.75) is 52.6 Å². The molecule has 2 aliphatic heterocycles. The van der Waals surface area contributed by atoms with Crippen LogP contribution in [0.3, 0.4) is 0 Å². The van der Waals surface area contributed by atoms with Crippen molar-refractivity contribution in [3.05, 3.63) is 58.1 Å². The maximum Gasteiger partial charge on any atom is 0.193 e. The molecule has 0 amide bonds. The molecule has 2 atom stereocenters. The van der Waals surface area contributed by atoms with Crippen LogP contribution in [0.2, 0.25) is 0 Å². The van der Waals surface area contributed by atoms with Gasteiger partial charge in [0.25, 0.3) is 0 Å². The third-order valence-electron chi connectivity index (χ3n) is 5.42. The van der Waals surface area contributed by atoms with Gasteiger partial charge in [-0.15, -0.1) is 0 Å². The number of hydrogen-bond acceptors (Lipinski definition) is 6. The van der Waals surface area contributed by atoms with Gasteiger partial charge >= 0.3 is 0 Å². The van der Waals surface area contributed by atoms with E-state index in [2.05, 4.69) is 38.1 Å². The average Bonchev–Trinajstić information content (AvgIpc) is 3.59. The molecule has 2 heterocycles. The molecule has 2 fully saturated rings. The zero-order valence-corrected chi connectivity index (χ0v) is 18.4. The van der Waals surface area contributed by atoms with Gasteiger partial charge < -0.3 is 28.4 Å². The number of ether oxygens (including phenoxy) is 6. The maximum atomic E-state index is 5.85. The Hall–Kier alpha value is -2.12. The van der Waals surface area contributed by atoms with Crippen LogP contribution in [0, 0.1) is 20.8 Å². The summed E-state index contributed by atoms with van der Waals surface area (Å²) in [5.41, 5.74) is 5.75. The van der Waals surface area contributed by atoms with E-state index in [1.165, 1.54) is 11.1 Å². The lowest BCUT2D eigenvalue weighted by atomic mass is 9.98. The summed E-state index contributed by atoms with van der Waals surface area (Å²) < 4.78 is 33.1. The van der Waals surface area contributed by atoms with Crippen molar-refractivity contribution >= 4 is 0 Å². The van der Waals surface area contributed by atoms with Gasteiger partial charge in [-0.1, -0.05) is 24.3 Å². The molecule has 6 nitrogen and oxygen atoms in total. The summed E-state index contributed by atoms with van der Waals surface area (Å²) in [6.45, 7) is 11.6. The van der Waals surface area contributed by atoms with Crippen LogP contribution in [0.4, 0.5) is 0 Å². The topological polar surface area (TPSA) is 62.0 Å². The van der Waals surface area contributed by atoms with Crippen LogP contribution in [0.5, 0.6) is 11.5 Å². The van der Waals surface area contributed by atoms with Gasteiger partial charge in [-0.25, -0.2) is 0 Å². The van der Waals surface area contributed by atoms with Crippen molar-refractivity contribution in [3.8, 4) is 11.5 Å². The summed E-state index contributed by atoms with van der Waals surface area (Å²) >= 11 is 0. The fraction of sp³-hybridized carbons (Fsp3) is 0.500. The Morgan fingerprint density at radius 1 is 0.767 bits per heavy atom. The summed E-state index contributed by atoms with van der Waals surface area (Å²) in [5, 5.41) is 0. The third kappa shape index (κ3) is 5.32. The number of aryl methyl sites for hydroxylation is 3. The van der Waals surface area contributed by atoms with Gasteiger partial charge in [0.15, 0.2) is 25.2 Å². The number of rotatable bonds is 10. The molecular weight excluding hydrogens is 384 g/mol. The maximum absolute atomic E-state index is 5.85. The molecule has 2 aromatic carbocycles. The second-order valence-electron chi connectivity index (χ2n) is 8.49. The molecule has 6 heteroatoms. The average molecular weight is 414 g/mol. The van der Waals surface area contributed by atoms with E-state index < -0.39 is 11.6 Å². The standard InChI is InChI=1S/C24H30O6/c1-16-8-19(6-7-21(16)25-14-29-23(4)12-27-23)11-20-9-17(2)22(18(3)10-20)26-15-30-24(5)13-28-24/h6-10H,11-15H2,1-5H3. The molecule has 0 aromatic heterocycles. The number of epoxide rings is 2. The first-order valence-electron chi connectivity index (χ1n) is 10.3. The number of benzene rings is 2. The van der Waals surface area contributed by atoms with Crippen molar-refractivity contribution in [2.24, 2.45) is 0 Å². The highest BCUT2D eigenvalue weighted by Gasteiger charge is 2.41. The Bertz CT molecular complexity index is 891. The monoisotopic (exact) mass is 414 g/mol. The normalized spacial score (nSPS) is 24.6. The van der Waals surface area contributed by atoms with Crippen LogP contribution in [0.15, 0.2) is 30.3 Å². The summed E-state index contributed by atoms with van der Waals surface area (Å²) in [6.07, 6.45) is 0.841. The summed E-state index contributed by atoms with van der Waals surface area (Å²) in [7, 11) is 0. The molecule has 2 aliphatic rings. The zero-order chi connectivity index (χ0) is 21.4. The Morgan fingerprint density at radius 3 is 1.83 bits per heavy atom. The molecule has 4 rings (SSSR count). The van der Waals surface area contributed by atoms with Gasteiger partial charge in [-0.05, 0) is 74.9 Å². The van der Waals surface area contributed by atoms with Crippen molar-refractivity contribution in [1.82, 2.24) is 0 Å². The molecule has 2 aromatic rings. The minimum atomic E-state index is -0.467. The second-order valence-corrected chi connectivity index (χ2v) is 8.49. The van der Waals surface area contributed by atoms with Gasteiger partial charge in [0, 0.05) is 0 Å². The minimum Gasteiger partial charge on any atom is -0.467 e. The minimum absolute atomic E-state index is 0.186. The molecule has 0 saturated carbocycles. The van der Waals surface area contributed by atoms with Crippen LogP contribution in [0.25, 0.3) is 0 Å². The fourth-order valence-corrected chi connectivity index (χ4v) is 3.39. The first-order valence-corrected chi connectivity index (χ1v) is 10.3. The van der Waals surface area contributed by atoms with Crippen LogP contribution in [-0.2, 0) is 25.4 Å². The van der Waals surface area contributed by atoms with Crippen LogP contribution in [0.1, 0.15) is 41.7 Å². The van der Waals surface area contributed by atoms with Crippen LogP contribution in [-0.4, -0.2) is 38.4 Å². The van der Waals surface area contributed by atoms with E-state index in [1.807, 2.05) is 26.8 Å². The highest BCUT2D eigenvalue weighted by Crippen LogP contribution is 2.31. The van der Waals surface area contributed by atoms with E-state index in [9.17, 15) is 0 Å². The van der Waals surface area contributed by atoms with Crippen LogP contribution < -0.4 is 9.47 Å². The number of hydrogen-bond donors (Lipinski definition) is 0. The molecule has 0 aliphatic carbocycles. The lowest BCUT2D eigenvalue weighted by Gasteiger charge is -2.16. The molecule has 0 spiro atoms. The lowest BCUT2D eigenvalue weighted by molar-refractivity contribution is -0.0923. The van der Waals surface area contributed by atoms with Gasteiger partial charge in [0.05, 0.1) is 0 Å². The molecule has 0 radical (unpaired) electrons. The lowest BCUT2D eigenvalue weighted by Crippen LogP contribution is -2.16. The first kappa shape index (κ1) is 21.1. The van der Waals surface area contributed by atoms with E-state index in [0.29, 0.717) is 13.2 Å². The molecule has 30 heavy (non-hydrogen) atoms. The van der Waals surface area contributed by atoms with Gasteiger partial charge in [-0.3, -0.25) is 0 Å². The van der Waals surface area contributed by atoms with Crippen molar-refractivity contribution in [1.29, 1.82) is 0 Å². The van der Waals surface area contributed by atoms with Crippen molar-refractivity contribution in [3.63, 3.8) is 0 Å².